The Morgan fingerprint density at radius 2 is 1.46 bits per heavy atom. The summed E-state index contributed by atoms with van der Waals surface area (Å²) in [6.45, 7) is 2.11. The molecule has 3 aromatic carbocycles. The Morgan fingerprint density at radius 1 is 0.893 bits per heavy atom. The van der Waals surface area contributed by atoms with E-state index in [9.17, 15) is 9.50 Å². The first kappa shape index (κ1) is 18.9. The number of piperidine rings is 1. The molecule has 28 heavy (non-hydrogen) atoms. The zero-order valence-electron chi connectivity index (χ0n) is 16.1. The first-order chi connectivity index (χ1) is 13.6. The van der Waals surface area contributed by atoms with Crippen molar-refractivity contribution in [1.29, 1.82) is 0 Å². The Bertz CT molecular complexity index is 897. The van der Waals surface area contributed by atoms with Gasteiger partial charge in [0.1, 0.15) is 5.82 Å². The molecule has 4 rings (SSSR count). The summed E-state index contributed by atoms with van der Waals surface area (Å²) in [5.41, 5.74) is 2.05. The van der Waals surface area contributed by atoms with Crippen LogP contribution in [0.2, 0.25) is 0 Å². The van der Waals surface area contributed by atoms with Crippen molar-refractivity contribution in [1.82, 2.24) is 5.32 Å². The molecule has 0 spiro atoms. The van der Waals surface area contributed by atoms with Gasteiger partial charge in [0.25, 0.3) is 0 Å². The van der Waals surface area contributed by atoms with Gasteiger partial charge < -0.3 is 10.4 Å². The lowest BCUT2D eigenvalue weighted by Crippen LogP contribution is -2.51. The average Bonchev–Trinajstić information content (AvgIpc) is 2.75. The van der Waals surface area contributed by atoms with Gasteiger partial charge in [-0.15, -0.1) is 0 Å². The molecule has 144 valence electrons. The largest absolute Gasteiger partial charge is 0.385 e. The monoisotopic (exact) mass is 375 g/mol. The maximum absolute atomic E-state index is 13.5. The van der Waals surface area contributed by atoms with Crippen LogP contribution in [0.4, 0.5) is 4.39 Å². The molecule has 2 N–H and O–H groups in total. The quantitative estimate of drug-likeness (QED) is 0.630. The van der Waals surface area contributed by atoms with Gasteiger partial charge in [0, 0.05) is 24.4 Å². The van der Waals surface area contributed by atoms with Gasteiger partial charge in [-0.05, 0) is 35.2 Å². The van der Waals surface area contributed by atoms with Gasteiger partial charge in [-0.1, -0.05) is 79.7 Å². The minimum absolute atomic E-state index is 0.000194. The third-order valence-corrected chi connectivity index (χ3v) is 6.06. The molecule has 0 bridgehead atoms. The summed E-state index contributed by atoms with van der Waals surface area (Å²) in [5.74, 6) is -0.311. The van der Waals surface area contributed by atoms with Crippen LogP contribution < -0.4 is 5.32 Å². The molecule has 0 aromatic heterocycles. The average molecular weight is 375 g/mol. The molecule has 0 unspecified atom stereocenters. The first-order valence-electron chi connectivity index (χ1n) is 9.96. The zero-order valence-corrected chi connectivity index (χ0v) is 16.1. The van der Waals surface area contributed by atoms with Crippen LogP contribution in [0.15, 0.2) is 84.9 Å². The lowest BCUT2D eigenvalue weighted by atomic mass is 9.67. The normalized spacial score (nSPS) is 27.5. The summed E-state index contributed by atoms with van der Waals surface area (Å²) in [6, 6.07) is 26.9. The molecule has 0 amide bonds. The summed E-state index contributed by atoms with van der Waals surface area (Å²) in [6.07, 6.45) is 1.35. The van der Waals surface area contributed by atoms with E-state index in [1.54, 1.807) is 12.1 Å². The van der Waals surface area contributed by atoms with Crippen LogP contribution in [0.1, 0.15) is 48.5 Å². The Kier molecular flexibility index (Phi) is 5.29. The predicted molar refractivity (Wildman–Crippen MR) is 110 cm³/mol. The van der Waals surface area contributed by atoms with Crippen LogP contribution >= 0.6 is 0 Å². The molecule has 3 aromatic rings. The van der Waals surface area contributed by atoms with E-state index in [4.69, 9.17) is 0 Å². The molecule has 0 aliphatic carbocycles. The molecule has 0 radical (unpaired) electrons. The Labute approximate surface area is 166 Å². The lowest BCUT2D eigenvalue weighted by molar-refractivity contribution is -0.0830. The molecule has 0 saturated carbocycles. The highest BCUT2D eigenvalue weighted by Crippen LogP contribution is 2.49. The van der Waals surface area contributed by atoms with E-state index >= 15 is 0 Å². The first-order valence-corrected chi connectivity index (χ1v) is 9.96. The number of hydrogen-bond donors (Lipinski definition) is 2. The van der Waals surface area contributed by atoms with Crippen LogP contribution in [0.3, 0.4) is 0 Å². The van der Waals surface area contributed by atoms with Crippen LogP contribution in [0.5, 0.6) is 0 Å². The number of halogens is 1. The Hall–Kier alpha value is -2.49. The Morgan fingerprint density at radius 3 is 2.04 bits per heavy atom. The summed E-state index contributed by atoms with van der Waals surface area (Å²) >= 11 is 0. The number of nitrogens with one attached hydrogen (secondary N) is 1. The van der Waals surface area contributed by atoms with Crippen LogP contribution in [-0.2, 0) is 5.60 Å². The van der Waals surface area contributed by atoms with Crippen molar-refractivity contribution >= 4 is 0 Å². The molecule has 2 nitrogen and oxygen atoms in total. The van der Waals surface area contributed by atoms with Gasteiger partial charge in [-0.2, -0.15) is 0 Å². The van der Waals surface area contributed by atoms with Gasteiger partial charge in [0.05, 0.1) is 5.60 Å². The van der Waals surface area contributed by atoms with E-state index in [0.29, 0.717) is 6.42 Å². The van der Waals surface area contributed by atoms with Crippen LogP contribution in [0.25, 0.3) is 0 Å². The third-order valence-electron chi connectivity index (χ3n) is 6.06. The molecule has 1 fully saturated rings. The van der Waals surface area contributed by atoms with Crippen molar-refractivity contribution < 1.29 is 9.50 Å². The maximum Gasteiger partial charge on any atom is 0.123 e. The molecule has 3 heteroatoms. The summed E-state index contributed by atoms with van der Waals surface area (Å²) < 4.78 is 13.5. The molecular formula is C25H26FNO. The number of benzene rings is 3. The van der Waals surface area contributed by atoms with Gasteiger partial charge in [0.15, 0.2) is 0 Å². The minimum Gasteiger partial charge on any atom is -0.385 e. The van der Waals surface area contributed by atoms with Crippen molar-refractivity contribution in [3.63, 3.8) is 0 Å². The fourth-order valence-electron chi connectivity index (χ4n) is 4.66. The molecule has 1 saturated heterocycles. The van der Waals surface area contributed by atoms with Gasteiger partial charge >= 0.3 is 0 Å². The second-order valence-electron chi connectivity index (χ2n) is 7.67. The van der Waals surface area contributed by atoms with Crippen molar-refractivity contribution in [3.8, 4) is 0 Å². The van der Waals surface area contributed by atoms with Gasteiger partial charge in [-0.3, -0.25) is 0 Å². The van der Waals surface area contributed by atoms with Crippen molar-refractivity contribution in [2.75, 3.05) is 0 Å². The molecule has 4 atom stereocenters. The highest BCUT2D eigenvalue weighted by atomic mass is 19.1. The van der Waals surface area contributed by atoms with Crippen LogP contribution in [0, 0.1) is 11.7 Å². The summed E-state index contributed by atoms with van der Waals surface area (Å²) in [5, 5.41) is 15.8. The molecule has 1 heterocycles. The fraction of sp³-hybridized carbons (Fsp3) is 0.280. The van der Waals surface area contributed by atoms with Gasteiger partial charge in [-0.25, -0.2) is 4.39 Å². The van der Waals surface area contributed by atoms with E-state index in [0.717, 1.165) is 23.1 Å². The molecular weight excluding hydrogens is 349 g/mol. The summed E-state index contributed by atoms with van der Waals surface area (Å²) in [4.78, 5) is 0. The SMILES string of the molecule is CC[C@@H]1[C@@H](c2ccccc2)N[C@H](c2ccccc2)C[C@@]1(O)c1ccc(F)cc1. The van der Waals surface area contributed by atoms with E-state index < -0.39 is 5.60 Å². The second kappa shape index (κ2) is 7.86. The lowest BCUT2D eigenvalue weighted by Gasteiger charge is -2.49. The van der Waals surface area contributed by atoms with Crippen molar-refractivity contribution in [3.05, 3.63) is 107 Å². The standard InChI is InChI=1S/C25H26FNO/c1-2-22-24(19-11-7-4-8-12-19)27-23(18-9-5-3-6-10-18)17-25(22,28)20-13-15-21(26)16-14-20/h3-16,22-24,27-28H,2,17H2,1H3/t22-,23+,24-,25-/m1/s1. The van der Waals surface area contributed by atoms with E-state index in [1.807, 2.05) is 36.4 Å². The predicted octanol–water partition coefficient (Wildman–Crippen LogP) is 5.52. The highest BCUT2D eigenvalue weighted by Gasteiger charge is 2.48. The van der Waals surface area contributed by atoms with E-state index in [1.165, 1.54) is 12.1 Å². The smallest absolute Gasteiger partial charge is 0.123 e. The van der Waals surface area contributed by atoms with Crippen LogP contribution in [-0.4, -0.2) is 5.11 Å². The second-order valence-corrected chi connectivity index (χ2v) is 7.67. The molecule has 1 aliphatic heterocycles. The Balaban J connectivity index is 1.81. The van der Waals surface area contributed by atoms with E-state index in [-0.39, 0.29) is 23.8 Å². The fourth-order valence-corrected chi connectivity index (χ4v) is 4.66. The highest BCUT2D eigenvalue weighted by molar-refractivity contribution is 5.32. The summed E-state index contributed by atoms with van der Waals surface area (Å²) in [7, 11) is 0. The molecule has 1 aliphatic rings. The van der Waals surface area contributed by atoms with Crippen molar-refractivity contribution in [2.45, 2.75) is 37.5 Å². The third kappa shape index (κ3) is 3.48. The van der Waals surface area contributed by atoms with Crippen molar-refractivity contribution in [2.24, 2.45) is 5.92 Å². The zero-order chi connectivity index (χ0) is 19.6. The number of hydrogen-bond acceptors (Lipinski definition) is 2. The van der Waals surface area contributed by atoms with E-state index in [2.05, 4.69) is 36.5 Å². The maximum atomic E-state index is 13.5. The number of rotatable bonds is 4. The topological polar surface area (TPSA) is 32.3 Å². The minimum atomic E-state index is -1.05. The van der Waals surface area contributed by atoms with Gasteiger partial charge in [0.2, 0.25) is 0 Å². The number of aliphatic hydroxyl groups is 1.